The van der Waals surface area contributed by atoms with Crippen molar-refractivity contribution in [3.05, 3.63) is 46.1 Å². The fourth-order valence-electron chi connectivity index (χ4n) is 1.70. The van der Waals surface area contributed by atoms with Crippen LogP contribution >= 0.6 is 0 Å². The van der Waals surface area contributed by atoms with Crippen LogP contribution in [-0.2, 0) is 0 Å². The van der Waals surface area contributed by atoms with Gasteiger partial charge in [0.15, 0.2) is 0 Å². The Bertz CT molecular complexity index is 604. The van der Waals surface area contributed by atoms with E-state index in [1.165, 1.54) is 10.9 Å². The van der Waals surface area contributed by atoms with Crippen LogP contribution in [0.1, 0.15) is 11.1 Å². The van der Waals surface area contributed by atoms with Crippen molar-refractivity contribution in [2.24, 2.45) is 0 Å². The summed E-state index contributed by atoms with van der Waals surface area (Å²) in [5.74, 6) is 0.330. The lowest BCUT2D eigenvalue weighted by Gasteiger charge is -2.09. The molecule has 0 saturated carbocycles. The molecule has 0 saturated heterocycles. The first-order valence-electron chi connectivity index (χ1n) is 5.33. The lowest BCUT2D eigenvalue weighted by molar-refractivity contribution is 0.856. The molecule has 0 aliphatic heterocycles. The highest BCUT2D eigenvalue weighted by molar-refractivity contribution is 5.42. The molecular weight excluding hydrogens is 216 g/mol. The molecule has 0 aliphatic carbocycles. The Kier molecular flexibility index (Phi) is 2.91. The zero-order chi connectivity index (χ0) is 12.4. The third-order valence-corrected chi connectivity index (χ3v) is 2.54. The van der Waals surface area contributed by atoms with Crippen molar-refractivity contribution in [2.45, 2.75) is 13.8 Å². The molecule has 0 aliphatic rings. The minimum absolute atomic E-state index is 0.330. The molecule has 88 valence electrons. The molecule has 0 spiro atoms. The molecule has 1 heterocycles. The quantitative estimate of drug-likeness (QED) is 0.844. The highest BCUT2D eigenvalue weighted by atomic mass is 16.1. The van der Waals surface area contributed by atoms with Gasteiger partial charge in [0.1, 0.15) is 6.33 Å². The first-order valence-corrected chi connectivity index (χ1v) is 5.33. The number of aromatic nitrogens is 3. The number of anilines is 1. The molecule has 0 radical (unpaired) electrons. The molecule has 1 aromatic carbocycles. The van der Waals surface area contributed by atoms with Crippen LogP contribution in [0.2, 0.25) is 0 Å². The number of rotatable bonds is 2. The maximum Gasteiger partial charge on any atom is 0.356 e. The summed E-state index contributed by atoms with van der Waals surface area (Å²) in [6, 6.07) is 5.88. The Morgan fingerprint density at radius 3 is 2.65 bits per heavy atom. The van der Waals surface area contributed by atoms with E-state index < -0.39 is 0 Å². The molecule has 5 heteroatoms. The molecule has 0 amide bonds. The highest BCUT2D eigenvalue weighted by Gasteiger charge is 2.05. The normalized spacial score (nSPS) is 10.3. The van der Waals surface area contributed by atoms with Gasteiger partial charge < -0.3 is 5.32 Å². The average molecular weight is 230 g/mol. The van der Waals surface area contributed by atoms with Gasteiger partial charge in [-0.25, -0.2) is 9.78 Å². The van der Waals surface area contributed by atoms with Crippen molar-refractivity contribution >= 4 is 5.95 Å². The first-order chi connectivity index (χ1) is 8.11. The summed E-state index contributed by atoms with van der Waals surface area (Å²) in [6.07, 6.45) is 1.48. The van der Waals surface area contributed by atoms with Gasteiger partial charge in [0.05, 0.1) is 5.69 Å². The van der Waals surface area contributed by atoms with Gasteiger partial charge in [0.2, 0.25) is 5.95 Å². The molecule has 0 bridgehead atoms. The van der Waals surface area contributed by atoms with Crippen molar-refractivity contribution in [3.8, 4) is 5.69 Å². The minimum Gasteiger partial charge on any atom is -0.357 e. The second-order valence-electron chi connectivity index (χ2n) is 3.87. The molecule has 17 heavy (non-hydrogen) atoms. The smallest absolute Gasteiger partial charge is 0.356 e. The van der Waals surface area contributed by atoms with Crippen LogP contribution in [0, 0.1) is 13.8 Å². The van der Waals surface area contributed by atoms with Crippen LogP contribution in [0.15, 0.2) is 29.3 Å². The summed E-state index contributed by atoms with van der Waals surface area (Å²) < 4.78 is 1.44. The van der Waals surface area contributed by atoms with Crippen LogP contribution in [-0.4, -0.2) is 21.6 Å². The summed E-state index contributed by atoms with van der Waals surface area (Å²) in [5.41, 5.74) is 2.65. The van der Waals surface area contributed by atoms with E-state index >= 15 is 0 Å². The van der Waals surface area contributed by atoms with Gasteiger partial charge >= 0.3 is 5.69 Å². The van der Waals surface area contributed by atoms with E-state index in [0.29, 0.717) is 5.95 Å². The number of hydrogen-bond acceptors (Lipinski definition) is 4. The van der Waals surface area contributed by atoms with Crippen molar-refractivity contribution < 1.29 is 0 Å². The van der Waals surface area contributed by atoms with E-state index in [9.17, 15) is 4.79 Å². The molecule has 0 unspecified atom stereocenters. The summed E-state index contributed by atoms with van der Waals surface area (Å²) >= 11 is 0. The number of benzene rings is 1. The maximum absolute atomic E-state index is 11.8. The average Bonchev–Trinajstić information content (AvgIpc) is 2.30. The van der Waals surface area contributed by atoms with Gasteiger partial charge in [-0.1, -0.05) is 17.7 Å². The van der Waals surface area contributed by atoms with Gasteiger partial charge in [0.25, 0.3) is 0 Å². The van der Waals surface area contributed by atoms with Crippen molar-refractivity contribution in [2.75, 3.05) is 12.4 Å². The Hall–Kier alpha value is -2.17. The maximum atomic E-state index is 11.8. The number of nitrogens with one attached hydrogen (secondary N) is 1. The zero-order valence-electron chi connectivity index (χ0n) is 10.1. The van der Waals surface area contributed by atoms with Gasteiger partial charge in [-0.3, -0.25) is 4.57 Å². The highest BCUT2D eigenvalue weighted by Crippen LogP contribution is 2.13. The molecule has 5 nitrogen and oxygen atoms in total. The van der Waals surface area contributed by atoms with Crippen molar-refractivity contribution in [3.63, 3.8) is 0 Å². The molecule has 1 aromatic heterocycles. The van der Waals surface area contributed by atoms with Gasteiger partial charge in [-0.05, 0) is 25.5 Å². The SMILES string of the molecule is CNc1ncn(-c2ccc(C)cc2C)c(=O)n1. The standard InChI is InChI=1S/C12H14N4O/c1-8-4-5-10(9(2)6-8)16-7-14-11(13-3)15-12(16)17/h4-7H,1-3H3,(H,13,15,17). The number of hydrogen-bond donors (Lipinski definition) is 1. The van der Waals surface area contributed by atoms with Crippen molar-refractivity contribution in [1.29, 1.82) is 0 Å². The minimum atomic E-state index is -0.337. The molecule has 2 aromatic rings. The molecule has 1 N–H and O–H groups in total. The Morgan fingerprint density at radius 2 is 2.06 bits per heavy atom. The third kappa shape index (κ3) is 2.18. The summed E-state index contributed by atoms with van der Waals surface area (Å²) in [4.78, 5) is 19.7. The molecule has 0 fully saturated rings. The van der Waals surface area contributed by atoms with Crippen LogP contribution in [0.5, 0.6) is 0 Å². The summed E-state index contributed by atoms with van der Waals surface area (Å²) in [6.45, 7) is 3.97. The first kappa shape index (κ1) is 11.3. The van der Waals surface area contributed by atoms with Gasteiger partial charge in [-0.15, -0.1) is 0 Å². The van der Waals surface area contributed by atoms with Crippen LogP contribution in [0.3, 0.4) is 0 Å². The van der Waals surface area contributed by atoms with E-state index in [4.69, 9.17) is 0 Å². The van der Waals surface area contributed by atoms with Crippen molar-refractivity contribution in [1.82, 2.24) is 14.5 Å². The number of aryl methyl sites for hydroxylation is 2. The van der Waals surface area contributed by atoms with E-state index in [0.717, 1.165) is 16.8 Å². The predicted octanol–water partition coefficient (Wildman–Crippen LogP) is 1.29. The molecule has 0 atom stereocenters. The fourth-order valence-corrected chi connectivity index (χ4v) is 1.70. The second kappa shape index (κ2) is 4.37. The van der Waals surface area contributed by atoms with E-state index in [1.54, 1.807) is 7.05 Å². The van der Waals surface area contributed by atoms with Crippen LogP contribution in [0.4, 0.5) is 5.95 Å². The van der Waals surface area contributed by atoms with Gasteiger partial charge in [0, 0.05) is 7.05 Å². The third-order valence-electron chi connectivity index (χ3n) is 2.54. The Labute approximate surface area is 99.2 Å². The Morgan fingerprint density at radius 1 is 1.29 bits per heavy atom. The number of nitrogens with zero attached hydrogens (tertiary/aromatic N) is 3. The molecular formula is C12H14N4O. The van der Waals surface area contributed by atoms with E-state index in [-0.39, 0.29) is 5.69 Å². The van der Waals surface area contributed by atoms with E-state index in [1.807, 2.05) is 32.0 Å². The predicted molar refractivity (Wildman–Crippen MR) is 66.6 cm³/mol. The fraction of sp³-hybridized carbons (Fsp3) is 0.250. The topological polar surface area (TPSA) is 59.8 Å². The summed E-state index contributed by atoms with van der Waals surface area (Å²) in [7, 11) is 1.68. The Balaban J connectivity index is 2.57. The lowest BCUT2D eigenvalue weighted by atomic mass is 10.1. The molecule has 2 rings (SSSR count). The van der Waals surface area contributed by atoms with Gasteiger partial charge in [-0.2, -0.15) is 4.98 Å². The van der Waals surface area contributed by atoms with Crippen LogP contribution in [0.25, 0.3) is 5.69 Å². The largest absolute Gasteiger partial charge is 0.357 e. The van der Waals surface area contributed by atoms with E-state index in [2.05, 4.69) is 15.3 Å². The summed E-state index contributed by atoms with van der Waals surface area (Å²) in [5, 5.41) is 2.73. The second-order valence-corrected chi connectivity index (χ2v) is 3.87. The zero-order valence-corrected chi connectivity index (χ0v) is 10.1. The lowest BCUT2D eigenvalue weighted by Crippen LogP contribution is -2.23. The van der Waals surface area contributed by atoms with Crippen LogP contribution < -0.4 is 11.0 Å². The monoisotopic (exact) mass is 230 g/mol.